The van der Waals surface area contributed by atoms with Crippen LogP contribution in [0.4, 0.5) is 5.13 Å². The zero-order valence-electron chi connectivity index (χ0n) is 9.83. The van der Waals surface area contributed by atoms with E-state index in [2.05, 4.69) is 22.4 Å². The molecule has 0 atom stereocenters. The number of benzene rings is 1. The Labute approximate surface area is 110 Å². The van der Waals surface area contributed by atoms with E-state index in [-0.39, 0.29) is 0 Å². The largest absolute Gasteiger partial charge is 0.360 e. The zero-order chi connectivity index (χ0) is 12.3. The van der Waals surface area contributed by atoms with Gasteiger partial charge in [0.1, 0.15) is 5.01 Å². The molecule has 5 heteroatoms. The van der Waals surface area contributed by atoms with Crippen LogP contribution in [0.25, 0.3) is 10.6 Å². The van der Waals surface area contributed by atoms with E-state index in [1.54, 1.807) is 11.3 Å². The highest BCUT2D eigenvalue weighted by Gasteiger charge is 2.07. The summed E-state index contributed by atoms with van der Waals surface area (Å²) in [5.41, 5.74) is 2.09. The third-order valence-electron chi connectivity index (χ3n) is 2.37. The lowest BCUT2D eigenvalue weighted by Crippen LogP contribution is -1.98. The number of hydrogen-bond donors (Lipinski definition) is 1. The van der Waals surface area contributed by atoms with Gasteiger partial charge in [-0.3, -0.25) is 0 Å². The van der Waals surface area contributed by atoms with Crippen LogP contribution in [0, 0.1) is 6.92 Å². The summed E-state index contributed by atoms with van der Waals surface area (Å²) >= 11 is 7.64. The van der Waals surface area contributed by atoms with Crippen molar-refractivity contribution in [3.05, 3.63) is 28.8 Å². The summed E-state index contributed by atoms with van der Waals surface area (Å²) in [6, 6.07) is 5.95. The molecule has 0 saturated heterocycles. The van der Waals surface area contributed by atoms with Crippen molar-refractivity contribution >= 4 is 28.1 Å². The molecule has 0 bridgehead atoms. The molecule has 1 heterocycles. The maximum Gasteiger partial charge on any atom is 0.206 e. The number of rotatable bonds is 4. The molecule has 0 aliphatic carbocycles. The highest BCUT2D eigenvalue weighted by atomic mass is 35.5. The molecule has 0 unspecified atom stereocenters. The maximum atomic E-state index is 6.09. The predicted octanol–water partition coefficient (Wildman–Crippen LogP) is 3.99. The molecule has 2 aromatic rings. The Morgan fingerprint density at radius 2 is 2.18 bits per heavy atom. The fourth-order valence-electron chi connectivity index (χ4n) is 1.37. The molecule has 1 aromatic carbocycles. The maximum absolute atomic E-state index is 6.09. The van der Waals surface area contributed by atoms with Crippen LogP contribution in [-0.2, 0) is 0 Å². The van der Waals surface area contributed by atoms with Gasteiger partial charge < -0.3 is 5.32 Å². The fourth-order valence-corrected chi connectivity index (χ4v) is 2.32. The molecular formula is C12H14ClN3S. The first-order valence-corrected chi connectivity index (χ1v) is 6.74. The van der Waals surface area contributed by atoms with E-state index in [0.717, 1.165) is 39.3 Å². The van der Waals surface area contributed by atoms with Crippen molar-refractivity contribution in [1.82, 2.24) is 10.2 Å². The second-order valence-electron chi connectivity index (χ2n) is 3.80. The average molecular weight is 268 g/mol. The predicted molar refractivity (Wildman–Crippen MR) is 73.9 cm³/mol. The van der Waals surface area contributed by atoms with Gasteiger partial charge in [0.15, 0.2) is 0 Å². The quantitative estimate of drug-likeness (QED) is 0.910. The zero-order valence-corrected chi connectivity index (χ0v) is 11.4. The molecule has 2 rings (SSSR count). The Kier molecular flexibility index (Phi) is 3.97. The van der Waals surface area contributed by atoms with Gasteiger partial charge in [-0.15, -0.1) is 10.2 Å². The summed E-state index contributed by atoms with van der Waals surface area (Å²) in [6.07, 6.45) is 1.07. The number of hydrogen-bond acceptors (Lipinski definition) is 4. The van der Waals surface area contributed by atoms with Crippen LogP contribution in [0.1, 0.15) is 18.9 Å². The first kappa shape index (κ1) is 12.3. The summed E-state index contributed by atoms with van der Waals surface area (Å²) in [4.78, 5) is 0. The SMILES string of the molecule is CCCNc1nnc(-c2ccc(C)c(Cl)c2)s1. The number of aromatic nitrogens is 2. The summed E-state index contributed by atoms with van der Waals surface area (Å²) in [6.45, 7) is 5.03. The van der Waals surface area contributed by atoms with Gasteiger partial charge in [-0.1, -0.05) is 42.0 Å². The third-order valence-corrected chi connectivity index (χ3v) is 3.71. The highest BCUT2D eigenvalue weighted by molar-refractivity contribution is 7.18. The van der Waals surface area contributed by atoms with Crippen molar-refractivity contribution in [2.24, 2.45) is 0 Å². The molecular weight excluding hydrogens is 254 g/mol. The minimum atomic E-state index is 0.765. The summed E-state index contributed by atoms with van der Waals surface area (Å²) in [5.74, 6) is 0. The summed E-state index contributed by atoms with van der Waals surface area (Å²) in [7, 11) is 0. The van der Waals surface area contributed by atoms with Crippen LogP contribution in [-0.4, -0.2) is 16.7 Å². The van der Waals surface area contributed by atoms with Crippen molar-refractivity contribution in [2.45, 2.75) is 20.3 Å². The van der Waals surface area contributed by atoms with Crippen LogP contribution in [0.5, 0.6) is 0 Å². The monoisotopic (exact) mass is 267 g/mol. The number of aryl methyl sites for hydroxylation is 1. The van der Waals surface area contributed by atoms with Crippen molar-refractivity contribution in [1.29, 1.82) is 0 Å². The van der Waals surface area contributed by atoms with E-state index in [1.807, 2.05) is 25.1 Å². The van der Waals surface area contributed by atoms with Gasteiger partial charge in [0.05, 0.1) is 0 Å². The molecule has 0 aliphatic heterocycles. The molecule has 1 aromatic heterocycles. The molecule has 1 N–H and O–H groups in total. The first-order valence-electron chi connectivity index (χ1n) is 5.54. The lowest BCUT2D eigenvalue weighted by atomic mass is 10.2. The summed E-state index contributed by atoms with van der Waals surface area (Å²) in [5, 5.41) is 14.0. The minimum Gasteiger partial charge on any atom is -0.360 e. The molecule has 0 aliphatic rings. The first-order chi connectivity index (χ1) is 8.20. The molecule has 17 heavy (non-hydrogen) atoms. The van der Waals surface area contributed by atoms with E-state index in [1.165, 1.54) is 0 Å². The van der Waals surface area contributed by atoms with E-state index in [9.17, 15) is 0 Å². The Hall–Kier alpha value is -1.13. The molecule has 3 nitrogen and oxygen atoms in total. The van der Waals surface area contributed by atoms with Gasteiger partial charge in [0.25, 0.3) is 0 Å². The second-order valence-corrected chi connectivity index (χ2v) is 5.19. The molecule has 0 amide bonds. The normalized spacial score (nSPS) is 10.5. The van der Waals surface area contributed by atoms with Gasteiger partial charge in [-0.2, -0.15) is 0 Å². The Morgan fingerprint density at radius 1 is 1.35 bits per heavy atom. The summed E-state index contributed by atoms with van der Waals surface area (Å²) < 4.78 is 0. The number of halogens is 1. The van der Waals surface area contributed by atoms with Gasteiger partial charge in [0.2, 0.25) is 5.13 Å². The van der Waals surface area contributed by atoms with Crippen LogP contribution in [0.3, 0.4) is 0 Å². The lowest BCUT2D eigenvalue weighted by molar-refractivity contribution is 0.964. The van der Waals surface area contributed by atoms with Crippen molar-refractivity contribution in [3.8, 4) is 10.6 Å². The topological polar surface area (TPSA) is 37.8 Å². The van der Waals surface area contributed by atoms with Crippen molar-refractivity contribution in [3.63, 3.8) is 0 Å². The van der Waals surface area contributed by atoms with Crippen molar-refractivity contribution < 1.29 is 0 Å². The van der Waals surface area contributed by atoms with E-state index in [4.69, 9.17) is 11.6 Å². The standard InChI is InChI=1S/C12H14ClN3S/c1-3-6-14-12-16-15-11(17-12)9-5-4-8(2)10(13)7-9/h4-5,7H,3,6H2,1-2H3,(H,14,16). The lowest BCUT2D eigenvalue weighted by Gasteiger charge is -1.99. The molecule has 90 valence electrons. The smallest absolute Gasteiger partial charge is 0.206 e. The average Bonchev–Trinajstić information content (AvgIpc) is 2.79. The van der Waals surface area contributed by atoms with E-state index >= 15 is 0 Å². The van der Waals surface area contributed by atoms with Crippen molar-refractivity contribution in [2.75, 3.05) is 11.9 Å². The highest BCUT2D eigenvalue weighted by Crippen LogP contribution is 2.29. The molecule has 0 saturated carbocycles. The fraction of sp³-hybridized carbons (Fsp3) is 0.333. The molecule has 0 spiro atoms. The van der Waals surface area contributed by atoms with E-state index in [0.29, 0.717) is 0 Å². The number of nitrogens with one attached hydrogen (secondary N) is 1. The van der Waals surface area contributed by atoms with Crippen LogP contribution in [0.2, 0.25) is 5.02 Å². The van der Waals surface area contributed by atoms with Crippen LogP contribution >= 0.6 is 22.9 Å². The van der Waals surface area contributed by atoms with Gasteiger partial charge in [0, 0.05) is 17.1 Å². The Balaban J connectivity index is 2.21. The van der Waals surface area contributed by atoms with Crippen LogP contribution < -0.4 is 5.32 Å². The van der Waals surface area contributed by atoms with Crippen LogP contribution in [0.15, 0.2) is 18.2 Å². The Morgan fingerprint density at radius 3 is 2.88 bits per heavy atom. The molecule has 0 radical (unpaired) electrons. The van der Waals surface area contributed by atoms with Gasteiger partial charge in [-0.25, -0.2) is 0 Å². The van der Waals surface area contributed by atoms with Gasteiger partial charge >= 0.3 is 0 Å². The van der Waals surface area contributed by atoms with Gasteiger partial charge in [-0.05, 0) is 25.0 Å². The second kappa shape index (κ2) is 5.47. The number of anilines is 1. The Bertz CT molecular complexity index is 510. The third kappa shape index (κ3) is 2.96. The van der Waals surface area contributed by atoms with E-state index < -0.39 is 0 Å². The molecule has 0 fully saturated rings. The number of nitrogens with zero attached hydrogens (tertiary/aromatic N) is 2. The minimum absolute atomic E-state index is 0.765.